The second-order valence-corrected chi connectivity index (χ2v) is 3.52. The third-order valence-electron chi connectivity index (χ3n) is 2.41. The van der Waals surface area contributed by atoms with Crippen molar-refractivity contribution >= 4 is 12.0 Å². The SMILES string of the molecule is CCCC[B-](=[NH2+])c1ccc(OC)cc1. The Morgan fingerprint density at radius 2 is 1.93 bits per heavy atom. The van der Waals surface area contributed by atoms with Crippen LogP contribution in [0.1, 0.15) is 19.8 Å². The lowest BCUT2D eigenvalue weighted by atomic mass is 9.60. The fraction of sp³-hybridized carbons (Fsp3) is 0.455. The maximum Gasteiger partial charge on any atom is 0.189 e. The molecule has 1 aromatic rings. The number of hydrogen-bond donors (Lipinski definition) is 1. The van der Waals surface area contributed by atoms with Crippen molar-refractivity contribution in [2.45, 2.75) is 26.1 Å². The first-order valence-corrected chi connectivity index (χ1v) is 5.17. The molecule has 1 rings (SSSR count). The van der Waals surface area contributed by atoms with Crippen LogP contribution >= 0.6 is 0 Å². The monoisotopic (exact) mass is 191 g/mol. The van der Waals surface area contributed by atoms with E-state index >= 15 is 0 Å². The third kappa shape index (κ3) is 2.98. The second kappa shape index (κ2) is 5.58. The fourth-order valence-electron chi connectivity index (χ4n) is 1.44. The summed E-state index contributed by atoms with van der Waals surface area (Å²) in [5.74, 6) is 0.886. The molecule has 0 saturated heterocycles. The van der Waals surface area contributed by atoms with Crippen LogP contribution < -0.4 is 15.5 Å². The molecular formula is C11H18BNO. The van der Waals surface area contributed by atoms with Gasteiger partial charge >= 0.3 is 0 Å². The van der Waals surface area contributed by atoms with E-state index in [4.69, 9.17) is 10.0 Å². The van der Waals surface area contributed by atoms with Crippen LogP contribution in [0.25, 0.3) is 0 Å². The molecule has 0 unspecified atom stereocenters. The van der Waals surface area contributed by atoms with Gasteiger partial charge in [-0.2, -0.15) is 5.46 Å². The van der Waals surface area contributed by atoms with E-state index in [0.717, 1.165) is 12.1 Å². The lowest BCUT2D eigenvalue weighted by Gasteiger charge is -2.07. The summed E-state index contributed by atoms with van der Waals surface area (Å²) in [6.07, 6.45) is 3.44. The number of hydrogen-bond acceptors (Lipinski definition) is 1. The number of rotatable bonds is 5. The van der Waals surface area contributed by atoms with Gasteiger partial charge in [-0.3, -0.25) is 0 Å². The van der Waals surface area contributed by atoms with Crippen LogP contribution in [0.4, 0.5) is 0 Å². The summed E-state index contributed by atoms with van der Waals surface area (Å²) in [6.45, 7) is 2.35. The van der Waals surface area contributed by atoms with Crippen LogP contribution in [0.3, 0.4) is 0 Å². The Bertz CT molecular complexity index is 295. The number of ether oxygens (including phenoxy) is 1. The fourth-order valence-corrected chi connectivity index (χ4v) is 1.44. The van der Waals surface area contributed by atoms with Gasteiger partial charge in [0.15, 0.2) is 6.51 Å². The van der Waals surface area contributed by atoms with Gasteiger partial charge in [0.2, 0.25) is 0 Å². The minimum absolute atomic E-state index is 0.167. The van der Waals surface area contributed by atoms with Gasteiger partial charge in [0.1, 0.15) is 5.75 Å². The third-order valence-corrected chi connectivity index (χ3v) is 2.41. The highest BCUT2D eigenvalue weighted by Gasteiger charge is 1.98. The number of nitrogens with two attached hydrogens (primary N) is 1. The van der Waals surface area contributed by atoms with Crippen LogP contribution in [0.15, 0.2) is 24.3 Å². The highest BCUT2D eigenvalue weighted by atomic mass is 16.5. The van der Waals surface area contributed by atoms with Crippen molar-refractivity contribution in [1.29, 1.82) is 0 Å². The Balaban J connectivity index is 2.62. The summed E-state index contributed by atoms with van der Waals surface area (Å²) >= 11 is 0. The predicted octanol–water partition coefficient (Wildman–Crippen LogP) is 0.722. The number of unbranched alkanes of at least 4 members (excludes halogenated alkanes) is 1. The molecule has 3 heteroatoms. The van der Waals surface area contributed by atoms with Crippen molar-refractivity contribution < 1.29 is 10.0 Å². The molecule has 0 amide bonds. The molecule has 14 heavy (non-hydrogen) atoms. The summed E-state index contributed by atoms with van der Waals surface area (Å²) in [5.41, 5.74) is 1.19. The quantitative estimate of drug-likeness (QED) is 0.684. The molecule has 0 saturated carbocycles. The van der Waals surface area contributed by atoms with Crippen LogP contribution in [-0.2, 0) is 0 Å². The van der Waals surface area contributed by atoms with Crippen molar-refractivity contribution in [3.8, 4) is 5.75 Å². The van der Waals surface area contributed by atoms with Crippen molar-refractivity contribution in [2.75, 3.05) is 7.11 Å². The zero-order chi connectivity index (χ0) is 10.4. The predicted molar refractivity (Wildman–Crippen MR) is 60.0 cm³/mol. The summed E-state index contributed by atoms with van der Waals surface area (Å²) in [7, 11) is 1.67. The van der Waals surface area contributed by atoms with Gasteiger partial charge in [0.25, 0.3) is 0 Å². The lowest BCUT2D eigenvalue weighted by molar-refractivity contribution is -0.0969. The van der Waals surface area contributed by atoms with Crippen molar-refractivity contribution in [1.82, 2.24) is 0 Å². The lowest BCUT2D eigenvalue weighted by Crippen LogP contribution is -2.49. The van der Waals surface area contributed by atoms with Gasteiger partial charge in [-0.1, -0.05) is 31.9 Å². The van der Waals surface area contributed by atoms with Crippen molar-refractivity contribution in [2.24, 2.45) is 0 Å². The molecule has 2 nitrogen and oxygen atoms in total. The van der Waals surface area contributed by atoms with E-state index in [9.17, 15) is 0 Å². The van der Waals surface area contributed by atoms with Gasteiger partial charge < -0.3 is 10.0 Å². The van der Waals surface area contributed by atoms with Crippen LogP contribution in [0, 0.1) is 0 Å². The zero-order valence-corrected chi connectivity index (χ0v) is 8.99. The molecule has 2 N–H and O–H groups in total. The van der Waals surface area contributed by atoms with Gasteiger partial charge in [-0.25, -0.2) is 0 Å². The summed E-state index contributed by atoms with van der Waals surface area (Å²) in [6, 6.07) is 8.00. The average Bonchev–Trinajstić information content (AvgIpc) is 2.26. The maximum atomic E-state index is 6.03. The van der Waals surface area contributed by atoms with E-state index in [1.807, 2.05) is 24.3 Å². The first-order chi connectivity index (χ1) is 6.77. The van der Waals surface area contributed by atoms with Gasteiger partial charge in [0, 0.05) is 0 Å². The first-order valence-electron chi connectivity index (χ1n) is 5.17. The zero-order valence-electron chi connectivity index (χ0n) is 8.99. The Hall–Kier alpha value is -1.12. The topological polar surface area (TPSA) is 34.8 Å². The van der Waals surface area contributed by atoms with Crippen LogP contribution in [0.2, 0.25) is 6.32 Å². The van der Waals surface area contributed by atoms with E-state index in [1.165, 1.54) is 18.3 Å². The van der Waals surface area contributed by atoms with Gasteiger partial charge in [-0.05, 0) is 12.1 Å². The molecule has 0 heterocycles. The summed E-state index contributed by atoms with van der Waals surface area (Å²) in [4.78, 5) is 0. The van der Waals surface area contributed by atoms with Crippen molar-refractivity contribution in [3.05, 3.63) is 24.3 Å². The Morgan fingerprint density at radius 1 is 1.29 bits per heavy atom. The molecule has 0 aliphatic carbocycles. The molecule has 0 aliphatic heterocycles. The highest BCUT2D eigenvalue weighted by Crippen LogP contribution is 2.06. The molecule has 0 aliphatic rings. The van der Waals surface area contributed by atoms with E-state index in [2.05, 4.69) is 6.92 Å². The summed E-state index contributed by atoms with van der Waals surface area (Å²) in [5, 5.41) is 6.03. The first kappa shape index (κ1) is 11.0. The molecule has 76 valence electrons. The second-order valence-electron chi connectivity index (χ2n) is 3.52. The van der Waals surface area contributed by atoms with Gasteiger partial charge in [-0.15, -0.1) is 6.32 Å². The minimum atomic E-state index is 0.167. The Morgan fingerprint density at radius 3 is 2.43 bits per heavy atom. The number of methoxy groups -OCH3 is 1. The smallest absolute Gasteiger partial charge is 0.189 e. The van der Waals surface area contributed by atoms with Crippen LogP contribution in [-0.4, -0.2) is 13.6 Å². The normalized spacial score (nSPS) is 9.86. The molecular weight excluding hydrogens is 173 g/mol. The molecule has 1 aromatic carbocycles. The standard InChI is InChI=1S/C11H18BNO/c1-3-4-9-12(13)10-5-7-11(14-2)8-6-10/h5-8H,3-4,9,13H2,1-2H3. The Kier molecular flexibility index (Phi) is 4.37. The van der Waals surface area contributed by atoms with Crippen LogP contribution in [0.5, 0.6) is 5.75 Å². The van der Waals surface area contributed by atoms with E-state index in [1.54, 1.807) is 7.11 Å². The molecule has 0 aromatic heterocycles. The molecule has 0 radical (unpaired) electrons. The van der Waals surface area contributed by atoms with E-state index in [0.29, 0.717) is 0 Å². The van der Waals surface area contributed by atoms with Crippen molar-refractivity contribution in [3.63, 3.8) is 0 Å². The van der Waals surface area contributed by atoms with Gasteiger partial charge in [0.05, 0.1) is 7.11 Å². The molecule has 0 fully saturated rings. The minimum Gasteiger partial charge on any atom is -0.521 e. The average molecular weight is 191 g/mol. The van der Waals surface area contributed by atoms with E-state index < -0.39 is 0 Å². The Labute approximate surface area is 85.9 Å². The maximum absolute atomic E-state index is 6.03. The molecule has 0 bridgehead atoms. The van der Waals surface area contributed by atoms with E-state index in [-0.39, 0.29) is 6.51 Å². The molecule has 0 atom stereocenters. The highest BCUT2D eigenvalue weighted by molar-refractivity contribution is 6.58. The summed E-state index contributed by atoms with van der Waals surface area (Å²) < 4.78 is 5.09. The number of benzene rings is 1. The molecule has 0 spiro atoms. The largest absolute Gasteiger partial charge is 0.521 e.